The Hall–Kier alpha value is -1.16. The number of unbranched alkanes of at least 4 members (excludes halogenated alkanes) is 10. The molecule has 4 heteroatoms. The van der Waals surface area contributed by atoms with Crippen LogP contribution in [-0.4, -0.2) is 21.7 Å². The molecular formula is C22H32BrNO2. The SMILES string of the molecule is CCCCCCCCCCCCCC(Br)N1C(=O)c2ccccc2C1=O. The molecule has 2 rings (SSSR count). The molecule has 0 saturated carbocycles. The number of alkyl halides is 1. The number of hydrogen-bond donors (Lipinski definition) is 0. The van der Waals surface area contributed by atoms with Crippen molar-refractivity contribution >= 4 is 27.7 Å². The van der Waals surface area contributed by atoms with Crippen LogP contribution in [-0.2, 0) is 0 Å². The number of benzene rings is 1. The van der Waals surface area contributed by atoms with E-state index in [0.29, 0.717) is 11.1 Å². The number of carbonyl (C=O) groups excluding carboxylic acids is 2. The van der Waals surface area contributed by atoms with Crippen molar-refractivity contribution in [3.05, 3.63) is 35.4 Å². The topological polar surface area (TPSA) is 37.4 Å². The second-order valence-corrected chi connectivity index (χ2v) is 8.34. The van der Waals surface area contributed by atoms with Crippen molar-refractivity contribution in [2.24, 2.45) is 0 Å². The maximum atomic E-state index is 12.4. The molecule has 2 amide bonds. The van der Waals surface area contributed by atoms with Gasteiger partial charge >= 0.3 is 0 Å². The quantitative estimate of drug-likeness (QED) is 0.153. The summed E-state index contributed by atoms with van der Waals surface area (Å²) >= 11 is 3.55. The van der Waals surface area contributed by atoms with Crippen LogP contribution in [0.15, 0.2) is 24.3 Å². The average Bonchev–Trinajstić information content (AvgIpc) is 2.91. The Morgan fingerprint density at radius 2 is 1.19 bits per heavy atom. The molecule has 1 aliphatic rings. The largest absolute Gasteiger partial charge is 0.269 e. The van der Waals surface area contributed by atoms with Gasteiger partial charge in [-0.25, -0.2) is 0 Å². The molecule has 26 heavy (non-hydrogen) atoms. The number of imide groups is 1. The Morgan fingerprint density at radius 3 is 1.65 bits per heavy atom. The van der Waals surface area contributed by atoms with Crippen LogP contribution in [0.2, 0.25) is 0 Å². The molecule has 144 valence electrons. The summed E-state index contributed by atoms with van der Waals surface area (Å²) in [6.45, 7) is 2.26. The summed E-state index contributed by atoms with van der Waals surface area (Å²) < 4.78 is 0. The van der Waals surface area contributed by atoms with Gasteiger partial charge in [0.15, 0.2) is 0 Å². The highest BCUT2D eigenvalue weighted by atomic mass is 79.9. The van der Waals surface area contributed by atoms with Crippen molar-refractivity contribution < 1.29 is 9.59 Å². The molecule has 0 aromatic heterocycles. The zero-order valence-corrected chi connectivity index (χ0v) is 17.6. The summed E-state index contributed by atoms with van der Waals surface area (Å²) in [6, 6.07) is 7.08. The number of carbonyl (C=O) groups is 2. The zero-order chi connectivity index (χ0) is 18.8. The Bertz CT molecular complexity index is 552. The molecule has 0 N–H and O–H groups in total. The number of halogens is 1. The molecular weight excluding hydrogens is 390 g/mol. The van der Waals surface area contributed by atoms with Gasteiger partial charge in [0.2, 0.25) is 0 Å². The predicted octanol–water partition coefficient (Wildman–Crippen LogP) is 6.70. The van der Waals surface area contributed by atoms with Crippen LogP contribution in [0.4, 0.5) is 0 Å². The molecule has 0 spiro atoms. The molecule has 1 aromatic carbocycles. The van der Waals surface area contributed by atoms with E-state index in [4.69, 9.17) is 0 Å². The van der Waals surface area contributed by atoms with E-state index in [0.717, 1.165) is 12.8 Å². The van der Waals surface area contributed by atoms with Gasteiger partial charge in [-0.2, -0.15) is 0 Å². The molecule has 0 aliphatic carbocycles. The second-order valence-electron chi connectivity index (χ2n) is 7.28. The van der Waals surface area contributed by atoms with Crippen molar-refractivity contribution in [1.82, 2.24) is 4.90 Å². The molecule has 1 unspecified atom stereocenters. The van der Waals surface area contributed by atoms with E-state index >= 15 is 0 Å². The summed E-state index contributed by atoms with van der Waals surface area (Å²) in [5.41, 5.74) is 1.06. The molecule has 0 saturated heterocycles. The summed E-state index contributed by atoms with van der Waals surface area (Å²) in [7, 11) is 0. The third-order valence-electron chi connectivity index (χ3n) is 5.15. The Morgan fingerprint density at radius 1 is 0.769 bits per heavy atom. The number of rotatable bonds is 13. The maximum absolute atomic E-state index is 12.4. The third-order valence-corrected chi connectivity index (χ3v) is 6.02. The normalized spacial score (nSPS) is 14.8. The van der Waals surface area contributed by atoms with Crippen LogP contribution in [0, 0.1) is 0 Å². The van der Waals surface area contributed by atoms with Gasteiger partial charge in [0.05, 0.1) is 16.1 Å². The van der Waals surface area contributed by atoms with Gasteiger partial charge in [0.1, 0.15) is 0 Å². The molecule has 0 fully saturated rings. The minimum atomic E-state index is -0.200. The predicted molar refractivity (Wildman–Crippen MR) is 111 cm³/mol. The van der Waals surface area contributed by atoms with Crippen molar-refractivity contribution in [3.8, 4) is 0 Å². The molecule has 0 radical (unpaired) electrons. The molecule has 1 aromatic rings. The second kappa shape index (κ2) is 11.5. The van der Waals surface area contributed by atoms with Gasteiger partial charge < -0.3 is 0 Å². The molecule has 3 nitrogen and oxygen atoms in total. The summed E-state index contributed by atoms with van der Waals surface area (Å²) in [5, 5.41) is 0. The monoisotopic (exact) mass is 421 g/mol. The van der Waals surface area contributed by atoms with Gasteiger partial charge in [-0.05, 0) is 18.6 Å². The lowest BCUT2D eigenvalue weighted by Gasteiger charge is -2.20. The smallest absolute Gasteiger partial charge is 0.262 e. The van der Waals surface area contributed by atoms with E-state index in [1.807, 2.05) is 0 Å². The summed E-state index contributed by atoms with van der Waals surface area (Å²) in [5.74, 6) is -0.342. The van der Waals surface area contributed by atoms with E-state index in [1.54, 1.807) is 24.3 Å². The van der Waals surface area contributed by atoms with Crippen molar-refractivity contribution in [2.45, 2.75) is 88.9 Å². The molecule has 1 aliphatic heterocycles. The van der Waals surface area contributed by atoms with E-state index in [1.165, 1.54) is 69.1 Å². The standard InChI is InChI=1S/C22H32BrNO2/c1-2-3-4-5-6-7-8-9-10-11-12-17-20(23)24-21(25)18-15-13-14-16-19(18)22(24)26/h13-16,20H,2-12,17H2,1H3. The fourth-order valence-corrected chi connectivity index (χ4v) is 4.26. The van der Waals surface area contributed by atoms with Gasteiger partial charge in [0.25, 0.3) is 11.8 Å². The van der Waals surface area contributed by atoms with Gasteiger partial charge in [-0.15, -0.1) is 0 Å². The van der Waals surface area contributed by atoms with Crippen LogP contribution < -0.4 is 0 Å². The zero-order valence-electron chi connectivity index (χ0n) is 16.0. The molecule has 1 heterocycles. The van der Waals surface area contributed by atoms with Crippen LogP contribution in [0.1, 0.15) is 105 Å². The lowest BCUT2D eigenvalue weighted by molar-refractivity contribution is 0.0635. The van der Waals surface area contributed by atoms with Crippen molar-refractivity contribution in [3.63, 3.8) is 0 Å². The first-order valence-corrected chi connectivity index (χ1v) is 11.2. The van der Waals surface area contributed by atoms with E-state index in [2.05, 4.69) is 22.9 Å². The Balaban J connectivity index is 1.57. The first kappa shape index (κ1) is 21.1. The average molecular weight is 422 g/mol. The third kappa shape index (κ3) is 5.94. The number of hydrogen-bond acceptors (Lipinski definition) is 2. The first-order chi connectivity index (χ1) is 12.7. The first-order valence-electron chi connectivity index (χ1n) is 10.3. The summed E-state index contributed by atoms with van der Waals surface area (Å²) in [6.07, 6.45) is 15.1. The maximum Gasteiger partial charge on any atom is 0.262 e. The highest BCUT2D eigenvalue weighted by Crippen LogP contribution is 2.28. The molecule has 0 bridgehead atoms. The lowest BCUT2D eigenvalue weighted by Crippen LogP contribution is -2.36. The van der Waals surface area contributed by atoms with Gasteiger partial charge in [-0.1, -0.05) is 106 Å². The minimum Gasteiger partial charge on any atom is -0.269 e. The Labute approximate surface area is 166 Å². The highest BCUT2D eigenvalue weighted by Gasteiger charge is 2.38. The fraction of sp³-hybridized carbons (Fsp3) is 0.636. The van der Waals surface area contributed by atoms with Crippen LogP contribution >= 0.6 is 15.9 Å². The van der Waals surface area contributed by atoms with Gasteiger partial charge in [0, 0.05) is 0 Å². The minimum absolute atomic E-state index is 0.171. The lowest BCUT2D eigenvalue weighted by atomic mass is 10.1. The van der Waals surface area contributed by atoms with E-state index in [9.17, 15) is 9.59 Å². The van der Waals surface area contributed by atoms with Crippen molar-refractivity contribution in [2.75, 3.05) is 0 Å². The van der Waals surface area contributed by atoms with E-state index in [-0.39, 0.29) is 16.8 Å². The fourth-order valence-electron chi connectivity index (χ4n) is 3.57. The number of amides is 2. The van der Waals surface area contributed by atoms with Crippen LogP contribution in [0.3, 0.4) is 0 Å². The van der Waals surface area contributed by atoms with Gasteiger partial charge in [-0.3, -0.25) is 14.5 Å². The van der Waals surface area contributed by atoms with Crippen LogP contribution in [0.25, 0.3) is 0 Å². The molecule has 1 atom stereocenters. The number of fused-ring (bicyclic) bond motifs is 1. The van der Waals surface area contributed by atoms with E-state index < -0.39 is 0 Å². The summed E-state index contributed by atoms with van der Waals surface area (Å²) in [4.78, 5) is 26.0. The highest BCUT2D eigenvalue weighted by molar-refractivity contribution is 9.09. The Kier molecular flexibility index (Phi) is 9.38. The van der Waals surface area contributed by atoms with Crippen molar-refractivity contribution in [1.29, 1.82) is 0 Å². The number of nitrogens with zero attached hydrogens (tertiary/aromatic N) is 1. The van der Waals surface area contributed by atoms with Crippen LogP contribution in [0.5, 0.6) is 0 Å².